The zero-order valence-corrected chi connectivity index (χ0v) is 14.4. The maximum Gasteiger partial charge on any atom is 0.234 e. The molecule has 0 aromatic rings. The first-order valence-corrected chi connectivity index (χ1v) is 8.61. The summed E-state index contributed by atoms with van der Waals surface area (Å²) in [5, 5.41) is 2.95. The molecule has 4 heteroatoms. The van der Waals surface area contributed by atoms with Crippen molar-refractivity contribution in [2.75, 3.05) is 32.8 Å². The van der Waals surface area contributed by atoms with E-state index in [0.29, 0.717) is 19.7 Å². The third kappa shape index (κ3) is 8.42. The molecule has 1 atom stereocenters. The molecule has 21 heavy (non-hydrogen) atoms. The lowest BCUT2D eigenvalue weighted by Crippen LogP contribution is -2.42. The van der Waals surface area contributed by atoms with Gasteiger partial charge in [-0.15, -0.1) is 0 Å². The third-order valence-corrected chi connectivity index (χ3v) is 4.28. The minimum atomic E-state index is 0. The van der Waals surface area contributed by atoms with Crippen LogP contribution < -0.4 is 5.32 Å². The quantitative estimate of drug-likeness (QED) is 0.666. The molecule has 1 N–H and O–H groups in total. The van der Waals surface area contributed by atoms with Crippen LogP contribution in [0, 0.1) is 11.8 Å². The number of rotatable bonds is 9. The van der Waals surface area contributed by atoms with Gasteiger partial charge in [-0.1, -0.05) is 20.8 Å². The first-order chi connectivity index (χ1) is 10.0. The largest absolute Gasteiger partial charge is 0.377 e. The van der Waals surface area contributed by atoms with E-state index >= 15 is 0 Å². The van der Waals surface area contributed by atoms with E-state index in [4.69, 9.17) is 4.74 Å². The average molecular weight is 300 g/mol. The van der Waals surface area contributed by atoms with Gasteiger partial charge in [-0.2, -0.15) is 0 Å². The second-order valence-corrected chi connectivity index (χ2v) is 6.79. The summed E-state index contributed by atoms with van der Waals surface area (Å²) < 4.78 is 5.55. The highest BCUT2D eigenvalue weighted by molar-refractivity contribution is 5.77. The van der Waals surface area contributed by atoms with E-state index in [2.05, 4.69) is 37.9 Å². The Kier molecular flexibility index (Phi) is 8.93. The molecule has 1 aliphatic heterocycles. The van der Waals surface area contributed by atoms with E-state index < -0.39 is 0 Å². The Morgan fingerprint density at radius 3 is 2.57 bits per heavy atom. The van der Waals surface area contributed by atoms with Crippen LogP contribution in [0.1, 0.15) is 54.8 Å². The molecule has 0 aliphatic carbocycles. The topological polar surface area (TPSA) is 41.6 Å². The molecule has 1 fully saturated rings. The van der Waals surface area contributed by atoms with E-state index in [1.807, 2.05) is 0 Å². The second kappa shape index (κ2) is 10.2. The van der Waals surface area contributed by atoms with Crippen LogP contribution in [0.25, 0.3) is 0 Å². The maximum atomic E-state index is 11.9. The monoisotopic (exact) mass is 300 g/mol. The number of carbonyl (C=O) groups excluding carboxylic acids is 1. The van der Waals surface area contributed by atoms with Crippen LogP contribution in [0.2, 0.25) is 0 Å². The lowest BCUT2D eigenvalue weighted by atomic mass is 9.89. The lowest BCUT2D eigenvalue weighted by Gasteiger charge is -2.32. The SMILES string of the molecule is CCC(C)OCCNC(=O)CN1CCC(CC(C)C)CC1.[HH]. The minimum Gasteiger partial charge on any atom is -0.377 e. The van der Waals surface area contributed by atoms with Gasteiger partial charge in [0.05, 0.1) is 19.3 Å². The fraction of sp³-hybridized carbons (Fsp3) is 0.941. The normalized spacial score (nSPS) is 18.9. The molecule has 0 spiro atoms. The summed E-state index contributed by atoms with van der Waals surface area (Å²) in [6.45, 7) is 12.6. The van der Waals surface area contributed by atoms with Gasteiger partial charge < -0.3 is 10.1 Å². The molecule has 1 heterocycles. The summed E-state index contributed by atoms with van der Waals surface area (Å²) in [5.41, 5.74) is 0. The van der Waals surface area contributed by atoms with Crippen molar-refractivity contribution in [1.29, 1.82) is 0 Å². The van der Waals surface area contributed by atoms with Gasteiger partial charge in [-0.25, -0.2) is 0 Å². The average Bonchev–Trinajstić information content (AvgIpc) is 2.45. The summed E-state index contributed by atoms with van der Waals surface area (Å²) in [5.74, 6) is 1.77. The molecule has 1 amide bonds. The predicted molar refractivity (Wildman–Crippen MR) is 89.4 cm³/mol. The number of nitrogens with one attached hydrogen (secondary N) is 1. The number of ether oxygens (including phenoxy) is 1. The first kappa shape index (κ1) is 18.4. The summed E-state index contributed by atoms with van der Waals surface area (Å²) in [4.78, 5) is 14.2. The molecule has 1 saturated heterocycles. The van der Waals surface area contributed by atoms with Crippen molar-refractivity contribution in [3.63, 3.8) is 0 Å². The van der Waals surface area contributed by atoms with Crippen molar-refractivity contribution in [2.24, 2.45) is 11.8 Å². The smallest absolute Gasteiger partial charge is 0.234 e. The molecule has 126 valence electrons. The van der Waals surface area contributed by atoms with Crippen LogP contribution in [-0.2, 0) is 9.53 Å². The van der Waals surface area contributed by atoms with Gasteiger partial charge >= 0.3 is 0 Å². The van der Waals surface area contributed by atoms with Crippen molar-refractivity contribution in [3.8, 4) is 0 Å². The zero-order chi connectivity index (χ0) is 15.7. The van der Waals surface area contributed by atoms with Crippen LogP contribution in [0.5, 0.6) is 0 Å². The number of nitrogens with zero attached hydrogens (tertiary/aromatic N) is 1. The van der Waals surface area contributed by atoms with Gasteiger partial charge in [0.1, 0.15) is 0 Å². The van der Waals surface area contributed by atoms with Gasteiger partial charge in [0, 0.05) is 7.97 Å². The number of amides is 1. The van der Waals surface area contributed by atoms with E-state index in [9.17, 15) is 4.79 Å². The summed E-state index contributed by atoms with van der Waals surface area (Å²) in [7, 11) is 0. The van der Waals surface area contributed by atoms with Crippen molar-refractivity contribution in [2.45, 2.75) is 59.5 Å². The van der Waals surface area contributed by atoms with Crippen LogP contribution in [-0.4, -0.2) is 49.7 Å². The Hall–Kier alpha value is -0.610. The molecule has 0 aromatic carbocycles. The summed E-state index contributed by atoms with van der Waals surface area (Å²) >= 11 is 0. The number of piperidine rings is 1. The fourth-order valence-electron chi connectivity index (χ4n) is 2.87. The highest BCUT2D eigenvalue weighted by atomic mass is 16.5. The standard InChI is InChI=1S/C17H34N2O2.H2/c1-5-15(4)21-11-8-18-17(20)13-19-9-6-16(7-10-19)12-14(2)3;/h14-16H,5-13H2,1-4H3,(H,18,20);1H. The van der Waals surface area contributed by atoms with Gasteiger partial charge in [0.15, 0.2) is 0 Å². The molecule has 0 saturated carbocycles. The van der Waals surface area contributed by atoms with Crippen molar-refractivity contribution in [3.05, 3.63) is 0 Å². The number of hydrogen-bond donors (Lipinski definition) is 1. The van der Waals surface area contributed by atoms with Crippen LogP contribution in [0.4, 0.5) is 0 Å². The molecule has 0 bridgehead atoms. The Labute approximate surface area is 132 Å². The summed E-state index contributed by atoms with van der Waals surface area (Å²) in [6.07, 6.45) is 5.10. The molecular weight excluding hydrogens is 264 g/mol. The number of carbonyl (C=O) groups is 1. The van der Waals surface area contributed by atoms with E-state index in [1.54, 1.807) is 0 Å². The van der Waals surface area contributed by atoms with E-state index in [1.165, 1.54) is 19.3 Å². The third-order valence-electron chi connectivity index (χ3n) is 4.28. The highest BCUT2D eigenvalue weighted by Crippen LogP contribution is 2.23. The van der Waals surface area contributed by atoms with Gasteiger partial charge in [0.2, 0.25) is 5.91 Å². The fourth-order valence-corrected chi connectivity index (χ4v) is 2.87. The van der Waals surface area contributed by atoms with E-state index in [-0.39, 0.29) is 13.4 Å². The van der Waals surface area contributed by atoms with Crippen molar-refractivity contribution < 1.29 is 11.0 Å². The summed E-state index contributed by atoms with van der Waals surface area (Å²) in [6, 6.07) is 0. The second-order valence-electron chi connectivity index (χ2n) is 6.79. The molecule has 1 rings (SSSR count). The Balaban J connectivity index is 0.00000441. The minimum absolute atomic E-state index is 0. The Bertz CT molecular complexity index is 292. The van der Waals surface area contributed by atoms with Gasteiger partial charge in [-0.3, -0.25) is 9.69 Å². The Morgan fingerprint density at radius 1 is 1.33 bits per heavy atom. The van der Waals surface area contributed by atoms with E-state index in [0.717, 1.165) is 31.3 Å². The number of likely N-dealkylation sites (tertiary alicyclic amines) is 1. The Morgan fingerprint density at radius 2 is 2.00 bits per heavy atom. The van der Waals surface area contributed by atoms with Crippen LogP contribution >= 0.6 is 0 Å². The molecule has 0 radical (unpaired) electrons. The van der Waals surface area contributed by atoms with Crippen LogP contribution in [0.3, 0.4) is 0 Å². The highest BCUT2D eigenvalue weighted by Gasteiger charge is 2.21. The number of hydrogen-bond acceptors (Lipinski definition) is 3. The zero-order valence-electron chi connectivity index (χ0n) is 14.4. The van der Waals surface area contributed by atoms with Gasteiger partial charge in [-0.05, 0) is 57.5 Å². The van der Waals surface area contributed by atoms with Gasteiger partial charge in [0.25, 0.3) is 0 Å². The molecule has 1 unspecified atom stereocenters. The van der Waals surface area contributed by atoms with Crippen molar-refractivity contribution >= 4 is 5.91 Å². The van der Waals surface area contributed by atoms with Crippen LogP contribution in [0.15, 0.2) is 0 Å². The molecule has 1 aliphatic rings. The maximum absolute atomic E-state index is 11.9. The molecular formula is C17H36N2O2. The molecule has 0 aromatic heterocycles. The van der Waals surface area contributed by atoms with Crippen molar-refractivity contribution in [1.82, 2.24) is 10.2 Å². The predicted octanol–water partition coefficient (Wildman–Crippen LogP) is 2.92. The molecule has 4 nitrogen and oxygen atoms in total. The lowest BCUT2D eigenvalue weighted by molar-refractivity contribution is -0.123. The first-order valence-electron chi connectivity index (χ1n) is 8.61.